The molecular formula is C9H12F3NO3. The first-order valence-corrected chi connectivity index (χ1v) is 4.64. The number of carbonyl (C=O) groups is 2. The van der Waals surface area contributed by atoms with Gasteiger partial charge in [0, 0.05) is 0 Å². The molecule has 0 spiro atoms. The maximum absolute atomic E-state index is 12.3. The Labute approximate surface area is 90.3 Å². The summed E-state index contributed by atoms with van der Waals surface area (Å²) in [4.78, 5) is 22.3. The molecule has 0 N–H and O–H groups in total. The first kappa shape index (κ1) is 12.8. The van der Waals surface area contributed by atoms with Gasteiger partial charge in [-0.2, -0.15) is 13.2 Å². The normalized spacial score (nSPS) is 21.8. The Bertz CT molecular complexity index is 319. The van der Waals surface area contributed by atoms with Crippen molar-refractivity contribution >= 4 is 12.0 Å². The smallest absolute Gasteiger partial charge is 0.417 e. The van der Waals surface area contributed by atoms with Crippen LogP contribution in [-0.4, -0.2) is 34.7 Å². The van der Waals surface area contributed by atoms with Crippen LogP contribution in [0, 0.1) is 0 Å². The lowest BCUT2D eigenvalue weighted by atomic mass is 10.0. The predicted molar refractivity (Wildman–Crippen MR) is 47.5 cm³/mol. The van der Waals surface area contributed by atoms with Gasteiger partial charge < -0.3 is 4.74 Å². The Morgan fingerprint density at radius 2 is 1.88 bits per heavy atom. The number of halogens is 3. The minimum atomic E-state index is -4.59. The summed E-state index contributed by atoms with van der Waals surface area (Å²) >= 11 is 0. The Balaban J connectivity index is 2.72. The molecule has 0 saturated carbocycles. The Hall–Kier alpha value is -1.27. The highest BCUT2D eigenvalue weighted by Crippen LogP contribution is 2.35. The zero-order chi connectivity index (χ0) is 12.7. The number of rotatable bonds is 0. The van der Waals surface area contributed by atoms with E-state index in [1.54, 1.807) is 0 Å². The third-order valence-electron chi connectivity index (χ3n) is 1.92. The van der Waals surface area contributed by atoms with Gasteiger partial charge in [-0.15, -0.1) is 0 Å². The van der Waals surface area contributed by atoms with E-state index in [4.69, 9.17) is 4.74 Å². The van der Waals surface area contributed by atoms with Crippen LogP contribution in [0.3, 0.4) is 0 Å². The average Bonchev–Trinajstić information content (AvgIpc) is 1.93. The molecule has 0 radical (unpaired) electrons. The average molecular weight is 239 g/mol. The molecule has 1 aliphatic heterocycles. The number of carbonyl (C=O) groups excluding carboxylic acids is 2. The van der Waals surface area contributed by atoms with Gasteiger partial charge in [0.05, 0.1) is 6.42 Å². The zero-order valence-corrected chi connectivity index (χ0v) is 9.09. The van der Waals surface area contributed by atoms with Crippen LogP contribution in [0.15, 0.2) is 0 Å². The van der Waals surface area contributed by atoms with Crippen LogP contribution in [0.4, 0.5) is 18.0 Å². The first-order chi connectivity index (χ1) is 7.02. The van der Waals surface area contributed by atoms with E-state index >= 15 is 0 Å². The van der Waals surface area contributed by atoms with Crippen molar-refractivity contribution in [3.8, 4) is 0 Å². The van der Waals surface area contributed by atoms with Crippen molar-refractivity contribution in [1.82, 2.24) is 4.90 Å². The van der Waals surface area contributed by atoms with Gasteiger partial charge in [-0.1, -0.05) is 0 Å². The van der Waals surface area contributed by atoms with Crippen LogP contribution >= 0.6 is 0 Å². The fourth-order valence-corrected chi connectivity index (χ4v) is 1.22. The van der Waals surface area contributed by atoms with E-state index in [1.165, 1.54) is 20.8 Å². The third-order valence-corrected chi connectivity index (χ3v) is 1.92. The zero-order valence-electron chi connectivity index (χ0n) is 9.09. The SMILES string of the molecule is CC(C)(C)OC(=O)N1C(=O)CC1C(F)(F)F. The first-order valence-electron chi connectivity index (χ1n) is 4.64. The number of likely N-dealkylation sites (tertiary alicyclic amines) is 1. The third kappa shape index (κ3) is 2.65. The van der Waals surface area contributed by atoms with Crippen molar-refractivity contribution in [2.75, 3.05) is 0 Å². The lowest BCUT2D eigenvalue weighted by Gasteiger charge is -2.39. The van der Waals surface area contributed by atoms with E-state index in [0.29, 0.717) is 0 Å². The standard InChI is InChI=1S/C9H12F3NO3/c1-8(2,3)16-7(15)13-5(4-6(13)14)9(10,11)12/h5H,4H2,1-3H3. The summed E-state index contributed by atoms with van der Waals surface area (Å²) in [5, 5.41) is 0. The summed E-state index contributed by atoms with van der Waals surface area (Å²) in [5.41, 5.74) is -0.927. The van der Waals surface area contributed by atoms with Gasteiger partial charge in [-0.25, -0.2) is 9.69 Å². The van der Waals surface area contributed by atoms with E-state index in [2.05, 4.69) is 0 Å². The van der Waals surface area contributed by atoms with Gasteiger partial charge in [0.15, 0.2) is 0 Å². The second-order valence-electron chi connectivity index (χ2n) is 4.51. The Morgan fingerprint density at radius 1 is 1.38 bits per heavy atom. The minimum absolute atomic E-state index is 0.116. The molecule has 1 atom stereocenters. The summed E-state index contributed by atoms with van der Waals surface area (Å²) in [7, 11) is 0. The molecule has 1 unspecified atom stereocenters. The van der Waals surface area contributed by atoms with Crippen molar-refractivity contribution < 1.29 is 27.5 Å². The van der Waals surface area contributed by atoms with Gasteiger partial charge in [0.2, 0.25) is 5.91 Å². The monoisotopic (exact) mass is 239 g/mol. The maximum atomic E-state index is 12.3. The summed E-state index contributed by atoms with van der Waals surface area (Å²) < 4.78 is 41.7. The number of nitrogens with zero attached hydrogens (tertiary/aromatic N) is 1. The molecule has 0 aromatic carbocycles. The molecule has 7 heteroatoms. The minimum Gasteiger partial charge on any atom is -0.443 e. The van der Waals surface area contributed by atoms with Gasteiger partial charge in [-0.05, 0) is 20.8 Å². The molecule has 92 valence electrons. The van der Waals surface area contributed by atoms with Gasteiger partial charge in [-0.3, -0.25) is 4.79 Å². The topological polar surface area (TPSA) is 46.6 Å². The van der Waals surface area contributed by atoms with E-state index in [-0.39, 0.29) is 4.90 Å². The molecule has 0 aromatic rings. The van der Waals surface area contributed by atoms with E-state index in [0.717, 1.165) is 0 Å². The number of alkyl halides is 3. The van der Waals surface area contributed by atoms with E-state index in [9.17, 15) is 22.8 Å². The lowest BCUT2D eigenvalue weighted by molar-refractivity contribution is -0.208. The highest BCUT2D eigenvalue weighted by molar-refractivity contribution is 5.98. The lowest BCUT2D eigenvalue weighted by Crippen LogP contribution is -2.62. The van der Waals surface area contributed by atoms with Crippen LogP contribution in [0.5, 0.6) is 0 Å². The fourth-order valence-electron chi connectivity index (χ4n) is 1.22. The largest absolute Gasteiger partial charge is 0.443 e. The second-order valence-corrected chi connectivity index (χ2v) is 4.51. The van der Waals surface area contributed by atoms with Gasteiger partial charge >= 0.3 is 12.3 Å². The van der Waals surface area contributed by atoms with Crippen molar-refractivity contribution in [3.63, 3.8) is 0 Å². The molecule has 0 aromatic heterocycles. The highest BCUT2D eigenvalue weighted by atomic mass is 19.4. The summed E-state index contributed by atoms with van der Waals surface area (Å²) in [6.07, 6.45) is -6.53. The number of ether oxygens (including phenoxy) is 1. The Kier molecular flexibility index (Phi) is 2.91. The fraction of sp³-hybridized carbons (Fsp3) is 0.778. The van der Waals surface area contributed by atoms with Crippen molar-refractivity contribution in [2.24, 2.45) is 0 Å². The molecule has 1 fully saturated rings. The van der Waals surface area contributed by atoms with Crippen LogP contribution in [0.2, 0.25) is 0 Å². The van der Waals surface area contributed by atoms with Gasteiger partial charge in [0.25, 0.3) is 0 Å². The van der Waals surface area contributed by atoms with Crippen molar-refractivity contribution in [1.29, 1.82) is 0 Å². The van der Waals surface area contributed by atoms with Crippen LogP contribution < -0.4 is 0 Å². The van der Waals surface area contributed by atoms with Crippen molar-refractivity contribution in [3.05, 3.63) is 0 Å². The van der Waals surface area contributed by atoms with Crippen LogP contribution in [0.25, 0.3) is 0 Å². The predicted octanol–water partition coefficient (Wildman–Crippen LogP) is 2.08. The number of hydrogen-bond donors (Lipinski definition) is 0. The molecule has 16 heavy (non-hydrogen) atoms. The van der Waals surface area contributed by atoms with Crippen LogP contribution in [-0.2, 0) is 9.53 Å². The number of imide groups is 1. The molecule has 1 rings (SSSR count). The highest BCUT2D eigenvalue weighted by Gasteiger charge is 2.57. The molecular weight excluding hydrogens is 227 g/mol. The molecule has 0 bridgehead atoms. The number of β-lactam (4-membered cyclic amide) rings is 1. The molecule has 1 saturated heterocycles. The van der Waals surface area contributed by atoms with E-state index in [1.807, 2.05) is 0 Å². The summed E-state index contributed by atoms with van der Waals surface area (Å²) in [5.74, 6) is -0.864. The van der Waals surface area contributed by atoms with Crippen molar-refractivity contribution in [2.45, 2.75) is 45.0 Å². The molecule has 1 heterocycles. The number of amides is 2. The maximum Gasteiger partial charge on any atom is 0.417 e. The molecule has 0 aliphatic carbocycles. The number of hydrogen-bond acceptors (Lipinski definition) is 3. The summed E-state index contributed by atoms with van der Waals surface area (Å²) in [6.45, 7) is 4.53. The molecule has 4 nitrogen and oxygen atoms in total. The van der Waals surface area contributed by atoms with E-state index < -0.39 is 36.2 Å². The summed E-state index contributed by atoms with van der Waals surface area (Å²) in [6, 6.07) is -2.05. The molecule has 1 aliphatic rings. The van der Waals surface area contributed by atoms with Gasteiger partial charge in [0.1, 0.15) is 11.6 Å². The molecule has 2 amide bonds. The Morgan fingerprint density at radius 3 is 2.19 bits per heavy atom. The quantitative estimate of drug-likeness (QED) is 0.608. The second kappa shape index (κ2) is 3.64. The van der Waals surface area contributed by atoms with Crippen LogP contribution in [0.1, 0.15) is 27.2 Å².